The normalized spacial score (nSPS) is 17.7. The number of likely N-dealkylation sites (tertiary alicyclic amines) is 1. The molecule has 10 heteroatoms. The highest BCUT2D eigenvalue weighted by molar-refractivity contribution is 6.35. The van der Waals surface area contributed by atoms with E-state index in [9.17, 15) is 18.0 Å². The van der Waals surface area contributed by atoms with Gasteiger partial charge in [-0.25, -0.2) is 4.79 Å². The quantitative estimate of drug-likeness (QED) is 0.460. The number of alkyl halides is 3. The molecule has 2 amide bonds. The zero-order valence-corrected chi connectivity index (χ0v) is 20.1. The summed E-state index contributed by atoms with van der Waals surface area (Å²) in [6.45, 7) is 3.80. The molecule has 0 spiro atoms. The molecule has 2 aromatic carbocycles. The highest BCUT2D eigenvalue weighted by Gasteiger charge is 2.30. The Kier molecular flexibility index (Phi) is 7.80. The molecule has 2 aliphatic heterocycles. The minimum absolute atomic E-state index is 0.104. The molecule has 0 unspecified atom stereocenters. The van der Waals surface area contributed by atoms with E-state index in [0.29, 0.717) is 33.1 Å². The number of benzene rings is 2. The number of urea groups is 1. The summed E-state index contributed by atoms with van der Waals surface area (Å²) in [5.74, 6) is 0. The molecule has 2 N–H and O–H groups in total. The monoisotopic (exact) mass is 514 g/mol. The summed E-state index contributed by atoms with van der Waals surface area (Å²) in [5, 5.41) is 5.98. The molecular formula is C24H27Cl2F3N4O. The Balaban J connectivity index is 1.48. The van der Waals surface area contributed by atoms with Crippen molar-refractivity contribution in [1.29, 1.82) is 0 Å². The summed E-state index contributed by atoms with van der Waals surface area (Å²) in [6.07, 6.45) is -0.995. The first-order valence-corrected chi connectivity index (χ1v) is 12.1. The Morgan fingerprint density at radius 3 is 2.06 bits per heavy atom. The third-order valence-corrected chi connectivity index (χ3v) is 6.68. The van der Waals surface area contributed by atoms with Crippen LogP contribution in [0.15, 0.2) is 36.4 Å². The van der Waals surface area contributed by atoms with Crippen LogP contribution in [0.5, 0.6) is 0 Å². The van der Waals surface area contributed by atoms with E-state index in [1.165, 1.54) is 37.1 Å². The third kappa shape index (κ3) is 6.93. The molecule has 2 aromatic rings. The van der Waals surface area contributed by atoms with Crippen molar-refractivity contribution in [2.75, 3.05) is 41.7 Å². The number of hydrogen-bond donors (Lipinski definition) is 2. The number of amides is 2. The maximum atomic E-state index is 13.2. The van der Waals surface area contributed by atoms with E-state index in [0.717, 1.165) is 39.0 Å². The lowest BCUT2D eigenvalue weighted by atomic mass is 10.0. The molecule has 184 valence electrons. The Bertz CT molecular complexity index is 1000. The standard InChI is InChI=1S/C24H27Cl2F3N4O/c25-17-11-18(26)13-20(12-17)31-23(34)30-19-9-16(15-24(27,28)29)10-22(14-19)33-7-3-21(4-8-33)32-5-1-2-6-32/h9-14,21H,1-8,15H2,(H2,30,31,34). The van der Waals surface area contributed by atoms with E-state index in [1.807, 2.05) is 0 Å². The molecule has 5 nitrogen and oxygen atoms in total. The lowest BCUT2D eigenvalue weighted by Crippen LogP contribution is -2.43. The number of carbonyl (C=O) groups is 1. The second kappa shape index (κ2) is 10.6. The van der Waals surface area contributed by atoms with Crippen LogP contribution in [-0.2, 0) is 6.42 Å². The number of hydrogen-bond acceptors (Lipinski definition) is 3. The van der Waals surface area contributed by atoms with Gasteiger partial charge >= 0.3 is 12.2 Å². The van der Waals surface area contributed by atoms with E-state index in [-0.39, 0.29) is 5.56 Å². The van der Waals surface area contributed by atoms with Crippen molar-refractivity contribution in [3.05, 3.63) is 52.0 Å². The van der Waals surface area contributed by atoms with Crippen molar-refractivity contribution in [2.24, 2.45) is 0 Å². The van der Waals surface area contributed by atoms with Gasteiger partial charge in [0.05, 0.1) is 6.42 Å². The lowest BCUT2D eigenvalue weighted by Gasteiger charge is -2.38. The van der Waals surface area contributed by atoms with E-state index in [4.69, 9.17) is 23.2 Å². The molecule has 0 bridgehead atoms. The average molecular weight is 515 g/mol. The fraction of sp³-hybridized carbons (Fsp3) is 0.458. The summed E-state index contributed by atoms with van der Waals surface area (Å²) in [4.78, 5) is 17.2. The van der Waals surface area contributed by atoms with Gasteiger partial charge in [0.25, 0.3) is 0 Å². The second-order valence-corrected chi connectivity index (χ2v) is 9.75. The van der Waals surface area contributed by atoms with Gasteiger partial charge in [-0.3, -0.25) is 0 Å². The molecule has 0 aliphatic carbocycles. The molecule has 2 fully saturated rings. The molecule has 2 heterocycles. The summed E-state index contributed by atoms with van der Waals surface area (Å²) < 4.78 is 39.5. The van der Waals surface area contributed by atoms with Crippen molar-refractivity contribution in [3.8, 4) is 0 Å². The molecule has 34 heavy (non-hydrogen) atoms. The molecule has 0 radical (unpaired) electrons. The Hall–Kier alpha value is -2.16. The molecule has 0 aromatic heterocycles. The van der Waals surface area contributed by atoms with Crippen LogP contribution in [0, 0.1) is 0 Å². The van der Waals surface area contributed by atoms with Gasteiger partial charge in [0, 0.05) is 46.2 Å². The van der Waals surface area contributed by atoms with Crippen LogP contribution in [0.1, 0.15) is 31.2 Å². The van der Waals surface area contributed by atoms with Gasteiger partial charge in [0.2, 0.25) is 0 Å². The Labute approximate surface area is 207 Å². The van der Waals surface area contributed by atoms with Crippen molar-refractivity contribution in [3.63, 3.8) is 0 Å². The predicted octanol–water partition coefficient (Wildman–Crippen LogP) is 6.81. The fourth-order valence-corrected chi connectivity index (χ4v) is 5.30. The molecule has 4 rings (SSSR count). The van der Waals surface area contributed by atoms with Crippen molar-refractivity contribution >= 4 is 46.3 Å². The molecular weight excluding hydrogens is 488 g/mol. The molecule has 0 atom stereocenters. The number of halogens is 5. The van der Waals surface area contributed by atoms with Crippen LogP contribution in [0.2, 0.25) is 10.0 Å². The van der Waals surface area contributed by atoms with Crippen LogP contribution >= 0.6 is 23.2 Å². The highest BCUT2D eigenvalue weighted by Crippen LogP contribution is 2.31. The highest BCUT2D eigenvalue weighted by atomic mass is 35.5. The first-order valence-electron chi connectivity index (χ1n) is 11.4. The SMILES string of the molecule is O=C(Nc1cc(Cl)cc(Cl)c1)Nc1cc(CC(F)(F)F)cc(N2CCC(N3CCCC3)CC2)c1. The topological polar surface area (TPSA) is 47.6 Å². The van der Waals surface area contributed by atoms with Gasteiger partial charge in [-0.1, -0.05) is 23.2 Å². The fourth-order valence-electron chi connectivity index (χ4n) is 4.78. The number of carbonyl (C=O) groups excluding carboxylic acids is 1. The van der Waals surface area contributed by atoms with Gasteiger partial charge in [-0.2, -0.15) is 13.2 Å². The van der Waals surface area contributed by atoms with Crippen LogP contribution in [0.4, 0.5) is 35.0 Å². The van der Waals surface area contributed by atoms with E-state index < -0.39 is 18.6 Å². The van der Waals surface area contributed by atoms with Crippen molar-refractivity contribution in [1.82, 2.24) is 4.90 Å². The Morgan fingerprint density at radius 2 is 1.47 bits per heavy atom. The van der Waals surface area contributed by atoms with Gasteiger partial charge < -0.3 is 20.4 Å². The predicted molar refractivity (Wildman–Crippen MR) is 131 cm³/mol. The summed E-state index contributed by atoms with van der Waals surface area (Å²) >= 11 is 11.9. The second-order valence-electron chi connectivity index (χ2n) is 8.88. The number of anilines is 3. The van der Waals surface area contributed by atoms with Crippen LogP contribution in [0.3, 0.4) is 0 Å². The van der Waals surface area contributed by atoms with Gasteiger partial charge in [0.1, 0.15) is 0 Å². The molecule has 0 saturated carbocycles. The van der Waals surface area contributed by atoms with E-state index in [1.54, 1.807) is 12.1 Å². The van der Waals surface area contributed by atoms with Gasteiger partial charge in [-0.15, -0.1) is 0 Å². The summed E-state index contributed by atoms with van der Waals surface area (Å²) in [7, 11) is 0. The zero-order valence-electron chi connectivity index (χ0n) is 18.6. The molecule has 2 saturated heterocycles. The lowest BCUT2D eigenvalue weighted by molar-refractivity contribution is -0.127. The number of nitrogens with one attached hydrogen (secondary N) is 2. The summed E-state index contributed by atoms with van der Waals surface area (Å²) in [5.41, 5.74) is 1.46. The van der Waals surface area contributed by atoms with Crippen LogP contribution in [0.25, 0.3) is 0 Å². The third-order valence-electron chi connectivity index (χ3n) is 6.25. The minimum atomic E-state index is -4.35. The van der Waals surface area contributed by atoms with Crippen LogP contribution in [-0.4, -0.2) is 49.3 Å². The zero-order chi connectivity index (χ0) is 24.3. The minimum Gasteiger partial charge on any atom is -0.371 e. The van der Waals surface area contributed by atoms with Crippen LogP contribution < -0.4 is 15.5 Å². The Morgan fingerprint density at radius 1 is 0.882 bits per heavy atom. The maximum absolute atomic E-state index is 13.2. The first kappa shape index (κ1) is 24.9. The largest absolute Gasteiger partial charge is 0.393 e. The van der Waals surface area contributed by atoms with Gasteiger partial charge in [-0.05, 0) is 80.7 Å². The summed E-state index contributed by atoms with van der Waals surface area (Å²) in [6, 6.07) is 9.19. The number of piperidine rings is 1. The van der Waals surface area contributed by atoms with Crippen molar-refractivity contribution in [2.45, 2.75) is 44.3 Å². The first-order chi connectivity index (χ1) is 16.1. The van der Waals surface area contributed by atoms with E-state index >= 15 is 0 Å². The number of nitrogens with zero attached hydrogens (tertiary/aromatic N) is 2. The van der Waals surface area contributed by atoms with E-state index in [2.05, 4.69) is 20.4 Å². The maximum Gasteiger partial charge on any atom is 0.393 e. The van der Waals surface area contributed by atoms with Gasteiger partial charge in [0.15, 0.2) is 0 Å². The molecule has 2 aliphatic rings. The van der Waals surface area contributed by atoms with Crippen molar-refractivity contribution < 1.29 is 18.0 Å². The number of rotatable bonds is 5. The smallest absolute Gasteiger partial charge is 0.371 e. The average Bonchev–Trinajstić information content (AvgIpc) is 3.26.